The fraction of sp³-hybridized carbons (Fsp3) is 0.375. The van der Waals surface area contributed by atoms with Gasteiger partial charge in [0.1, 0.15) is 12.6 Å². The SMILES string of the molecule is Cc1cccc(CN(C(=O)CN(c2ccc(Br)c(C)c2)S(C)(=O)=O)[C@@H](Cc2ccccc2)C(=O)NC2CCCC2)c1. The minimum Gasteiger partial charge on any atom is -0.352 e. The molecule has 0 unspecified atom stereocenters. The van der Waals surface area contributed by atoms with Crippen molar-refractivity contribution in [1.29, 1.82) is 0 Å². The van der Waals surface area contributed by atoms with Crippen LogP contribution in [-0.4, -0.2) is 50.0 Å². The molecule has 3 aromatic rings. The van der Waals surface area contributed by atoms with Crippen molar-refractivity contribution in [2.45, 2.75) is 64.6 Å². The van der Waals surface area contributed by atoms with Crippen molar-refractivity contribution < 1.29 is 18.0 Å². The molecule has 0 aromatic heterocycles. The number of sulfonamides is 1. The number of carbonyl (C=O) groups excluding carboxylic acids is 2. The molecule has 3 aromatic carbocycles. The Balaban J connectivity index is 1.73. The zero-order valence-electron chi connectivity index (χ0n) is 23.8. The lowest BCUT2D eigenvalue weighted by molar-refractivity contribution is -0.140. The van der Waals surface area contributed by atoms with Crippen LogP contribution in [0.3, 0.4) is 0 Å². The van der Waals surface area contributed by atoms with E-state index in [1.165, 1.54) is 0 Å². The largest absolute Gasteiger partial charge is 0.352 e. The van der Waals surface area contributed by atoms with Gasteiger partial charge in [0.05, 0.1) is 11.9 Å². The van der Waals surface area contributed by atoms with Gasteiger partial charge in [-0.25, -0.2) is 8.42 Å². The number of halogens is 1. The monoisotopic (exact) mass is 639 g/mol. The van der Waals surface area contributed by atoms with Crippen molar-refractivity contribution in [2.24, 2.45) is 0 Å². The summed E-state index contributed by atoms with van der Waals surface area (Å²) in [4.78, 5) is 29.7. The van der Waals surface area contributed by atoms with Crippen molar-refractivity contribution in [2.75, 3.05) is 17.1 Å². The normalized spacial score (nSPS) is 14.4. The van der Waals surface area contributed by atoms with Crippen LogP contribution in [0.4, 0.5) is 5.69 Å². The van der Waals surface area contributed by atoms with E-state index in [2.05, 4.69) is 21.2 Å². The Hall–Kier alpha value is -3.17. The van der Waals surface area contributed by atoms with E-state index in [4.69, 9.17) is 0 Å². The Morgan fingerprint density at radius 1 is 0.951 bits per heavy atom. The van der Waals surface area contributed by atoms with Crippen LogP contribution < -0.4 is 9.62 Å². The standard InChI is InChI=1S/C32H38BrN3O4S/c1-23-10-9-13-26(18-23)21-35(31(37)22-36(41(3,39)40)28-16-17-29(33)24(2)19-28)30(20-25-11-5-4-6-12-25)32(38)34-27-14-7-8-15-27/h4-6,9-13,16-19,27,30H,7-8,14-15,20-22H2,1-3H3,(H,34,38)/t30-/m0/s1. The zero-order valence-corrected chi connectivity index (χ0v) is 26.2. The number of anilines is 1. The van der Waals surface area contributed by atoms with Crippen LogP contribution in [-0.2, 0) is 32.6 Å². The van der Waals surface area contributed by atoms with Gasteiger partial charge in [0.15, 0.2) is 0 Å². The molecule has 218 valence electrons. The second-order valence-corrected chi connectivity index (χ2v) is 13.7. The van der Waals surface area contributed by atoms with Gasteiger partial charge in [0, 0.05) is 23.5 Å². The molecule has 0 spiro atoms. The highest BCUT2D eigenvalue weighted by Crippen LogP contribution is 2.26. The molecule has 41 heavy (non-hydrogen) atoms. The van der Waals surface area contributed by atoms with Crippen molar-refractivity contribution in [3.05, 3.63) is 99.5 Å². The van der Waals surface area contributed by atoms with Crippen LogP contribution in [0.5, 0.6) is 0 Å². The first kappa shape index (κ1) is 30.8. The van der Waals surface area contributed by atoms with Crippen LogP contribution >= 0.6 is 15.9 Å². The molecular weight excluding hydrogens is 602 g/mol. The summed E-state index contributed by atoms with van der Waals surface area (Å²) in [6.07, 6.45) is 5.37. The lowest BCUT2D eigenvalue weighted by Gasteiger charge is -2.34. The maximum absolute atomic E-state index is 14.2. The number of hydrogen-bond donors (Lipinski definition) is 1. The third-order valence-corrected chi connectivity index (χ3v) is 9.55. The average molecular weight is 641 g/mol. The first-order chi connectivity index (χ1) is 19.5. The van der Waals surface area contributed by atoms with Gasteiger partial charge < -0.3 is 10.2 Å². The number of aryl methyl sites for hydroxylation is 2. The van der Waals surface area contributed by atoms with E-state index in [0.29, 0.717) is 12.1 Å². The smallest absolute Gasteiger partial charge is 0.244 e. The molecule has 1 aliphatic rings. The summed E-state index contributed by atoms with van der Waals surface area (Å²) in [7, 11) is -3.81. The van der Waals surface area contributed by atoms with Gasteiger partial charge in [-0.2, -0.15) is 0 Å². The maximum atomic E-state index is 14.2. The molecule has 1 aliphatic carbocycles. The molecule has 0 radical (unpaired) electrons. The maximum Gasteiger partial charge on any atom is 0.244 e. The third-order valence-electron chi connectivity index (χ3n) is 7.52. The van der Waals surface area contributed by atoms with Gasteiger partial charge in [-0.3, -0.25) is 13.9 Å². The first-order valence-corrected chi connectivity index (χ1v) is 16.6. The molecule has 0 heterocycles. The second-order valence-electron chi connectivity index (χ2n) is 10.9. The number of rotatable bonds is 11. The van der Waals surface area contributed by atoms with Crippen molar-refractivity contribution in [3.63, 3.8) is 0 Å². The minimum absolute atomic E-state index is 0.0787. The number of nitrogens with zero attached hydrogens (tertiary/aromatic N) is 2. The van der Waals surface area contributed by atoms with Crippen molar-refractivity contribution >= 4 is 43.5 Å². The Bertz CT molecular complexity index is 1470. The summed E-state index contributed by atoms with van der Waals surface area (Å²) in [6, 6.07) is 21.9. The van der Waals surface area contributed by atoms with E-state index >= 15 is 0 Å². The Kier molecular flexibility index (Phi) is 10.3. The van der Waals surface area contributed by atoms with E-state index in [1.807, 2.05) is 68.4 Å². The highest BCUT2D eigenvalue weighted by molar-refractivity contribution is 9.10. The van der Waals surface area contributed by atoms with E-state index in [1.54, 1.807) is 23.1 Å². The molecule has 2 amide bonds. The Morgan fingerprint density at radius 2 is 1.63 bits per heavy atom. The number of hydrogen-bond acceptors (Lipinski definition) is 4. The molecule has 0 aliphatic heterocycles. The fourth-order valence-corrected chi connectivity index (χ4v) is 6.41. The van der Waals surface area contributed by atoms with Crippen LogP contribution in [0.15, 0.2) is 77.3 Å². The van der Waals surface area contributed by atoms with Crippen LogP contribution in [0.25, 0.3) is 0 Å². The number of nitrogens with one attached hydrogen (secondary N) is 1. The summed E-state index contributed by atoms with van der Waals surface area (Å²) in [5.41, 5.74) is 4.07. The molecule has 4 rings (SSSR count). The summed E-state index contributed by atoms with van der Waals surface area (Å²) in [6.45, 7) is 3.59. The van der Waals surface area contributed by atoms with E-state index < -0.39 is 28.5 Å². The molecular formula is C32H38BrN3O4S. The second kappa shape index (κ2) is 13.7. The van der Waals surface area contributed by atoms with E-state index in [9.17, 15) is 18.0 Å². The van der Waals surface area contributed by atoms with Gasteiger partial charge in [-0.1, -0.05) is 88.9 Å². The number of amides is 2. The quantitative estimate of drug-likeness (QED) is 0.299. The van der Waals surface area contributed by atoms with E-state index in [-0.39, 0.29) is 18.5 Å². The van der Waals surface area contributed by atoms with Gasteiger partial charge in [0.2, 0.25) is 21.8 Å². The molecule has 1 fully saturated rings. The fourth-order valence-electron chi connectivity index (χ4n) is 5.33. The molecule has 7 nitrogen and oxygen atoms in total. The molecule has 9 heteroatoms. The lowest BCUT2D eigenvalue weighted by atomic mass is 10.0. The third kappa shape index (κ3) is 8.42. The minimum atomic E-state index is -3.81. The topological polar surface area (TPSA) is 86.8 Å². The molecule has 1 atom stereocenters. The highest BCUT2D eigenvalue weighted by atomic mass is 79.9. The average Bonchev–Trinajstić information content (AvgIpc) is 3.44. The predicted molar refractivity (Wildman–Crippen MR) is 167 cm³/mol. The molecule has 1 saturated carbocycles. The van der Waals surface area contributed by atoms with Gasteiger partial charge in [-0.05, 0) is 61.6 Å². The zero-order chi connectivity index (χ0) is 29.6. The summed E-state index contributed by atoms with van der Waals surface area (Å²) in [5.74, 6) is -0.660. The van der Waals surface area contributed by atoms with E-state index in [0.717, 1.165) is 63.0 Å². The highest BCUT2D eigenvalue weighted by Gasteiger charge is 2.34. The Labute approximate surface area is 252 Å². The predicted octanol–water partition coefficient (Wildman–Crippen LogP) is 5.53. The van der Waals surface area contributed by atoms with Crippen LogP contribution in [0.1, 0.15) is 47.9 Å². The molecule has 0 bridgehead atoms. The van der Waals surface area contributed by atoms with Gasteiger partial charge in [-0.15, -0.1) is 0 Å². The number of benzene rings is 3. The Morgan fingerprint density at radius 3 is 2.27 bits per heavy atom. The first-order valence-electron chi connectivity index (χ1n) is 13.9. The number of carbonyl (C=O) groups is 2. The van der Waals surface area contributed by atoms with Gasteiger partial charge >= 0.3 is 0 Å². The lowest BCUT2D eigenvalue weighted by Crippen LogP contribution is -2.54. The molecule has 1 N–H and O–H groups in total. The van der Waals surface area contributed by atoms with Crippen LogP contribution in [0.2, 0.25) is 0 Å². The summed E-state index contributed by atoms with van der Waals surface area (Å²) < 4.78 is 27.9. The molecule has 0 saturated heterocycles. The van der Waals surface area contributed by atoms with Crippen LogP contribution in [0, 0.1) is 13.8 Å². The summed E-state index contributed by atoms with van der Waals surface area (Å²) in [5, 5.41) is 3.19. The summed E-state index contributed by atoms with van der Waals surface area (Å²) >= 11 is 3.46. The van der Waals surface area contributed by atoms with Crippen molar-refractivity contribution in [3.8, 4) is 0 Å². The van der Waals surface area contributed by atoms with Gasteiger partial charge in [0.25, 0.3) is 0 Å². The van der Waals surface area contributed by atoms with Crippen molar-refractivity contribution in [1.82, 2.24) is 10.2 Å².